The van der Waals surface area contributed by atoms with Gasteiger partial charge in [0, 0.05) is 45.2 Å². The van der Waals surface area contributed by atoms with E-state index in [1.807, 2.05) is 4.90 Å². The van der Waals surface area contributed by atoms with Crippen molar-refractivity contribution in [3.63, 3.8) is 0 Å². The molecular weight excluding hydrogens is 433 g/mol. The lowest BCUT2D eigenvalue weighted by atomic mass is 9.92. The van der Waals surface area contributed by atoms with Crippen LogP contribution in [0.2, 0.25) is 0 Å². The molecule has 1 aromatic rings. The molecule has 0 N–H and O–H groups in total. The smallest absolute Gasteiger partial charge is 0.243 e. The fourth-order valence-electron chi connectivity index (χ4n) is 5.10. The fourth-order valence-corrected chi connectivity index (χ4v) is 6.62. The Morgan fingerprint density at radius 3 is 2.00 bits per heavy atom. The molecule has 4 rings (SSSR count). The minimum Gasteiger partial charge on any atom is -0.342 e. The van der Waals surface area contributed by atoms with Crippen LogP contribution in [0.5, 0.6) is 0 Å². The summed E-state index contributed by atoms with van der Waals surface area (Å²) < 4.78 is 40.4. The van der Waals surface area contributed by atoms with Gasteiger partial charge in [0.25, 0.3) is 0 Å². The van der Waals surface area contributed by atoms with Gasteiger partial charge >= 0.3 is 0 Å². The molecule has 3 fully saturated rings. The maximum Gasteiger partial charge on any atom is 0.243 e. The van der Waals surface area contributed by atoms with E-state index in [1.165, 1.54) is 22.9 Å². The Bertz CT molecular complexity index is 923. The summed E-state index contributed by atoms with van der Waals surface area (Å²) in [6.45, 7) is 3.28. The second kappa shape index (κ2) is 9.87. The Hall–Kier alpha value is -2.00. The maximum absolute atomic E-state index is 13.2. The van der Waals surface area contributed by atoms with Gasteiger partial charge in [0.05, 0.1) is 10.8 Å². The molecule has 2 amide bonds. The van der Waals surface area contributed by atoms with E-state index in [0.29, 0.717) is 45.3 Å². The molecule has 3 aliphatic heterocycles. The van der Waals surface area contributed by atoms with Gasteiger partial charge in [0.1, 0.15) is 5.82 Å². The van der Waals surface area contributed by atoms with Gasteiger partial charge in [-0.05, 0) is 69.2 Å². The van der Waals surface area contributed by atoms with Crippen molar-refractivity contribution in [2.75, 3.05) is 39.3 Å². The molecule has 0 aliphatic carbocycles. The van der Waals surface area contributed by atoms with Crippen LogP contribution < -0.4 is 0 Å². The second-order valence-corrected chi connectivity index (χ2v) is 11.1. The number of sulfonamides is 1. The van der Waals surface area contributed by atoms with Crippen molar-refractivity contribution in [3.05, 3.63) is 30.1 Å². The molecule has 7 nitrogen and oxygen atoms in total. The number of amides is 2. The summed E-state index contributed by atoms with van der Waals surface area (Å²) >= 11 is 0. The van der Waals surface area contributed by atoms with Crippen molar-refractivity contribution in [3.8, 4) is 0 Å². The third-order valence-electron chi connectivity index (χ3n) is 7.01. The molecular formula is C23H32FN3O4S. The predicted molar refractivity (Wildman–Crippen MR) is 118 cm³/mol. The molecule has 0 bridgehead atoms. The summed E-state index contributed by atoms with van der Waals surface area (Å²) in [6, 6.07) is 4.80. The van der Waals surface area contributed by atoms with Gasteiger partial charge in [-0.25, -0.2) is 12.8 Å². The van der Waals surface area contributed by atoms with Gasteiger partial charge in [-0.3, -0.25) is 9.59 Å². The van der Waals surface area contributed by atoms with Gasteiger partial charge in [-0.15, -0.1) is 0 Å². The highest BCUT2D eigenvalue weighted by atomic mass is 32.2. The van der Waals surface area contributed by atoms with E-state index in [1.54, 1.807) is 4.90 Å². The minimum absolute atomic E-state index is 0.0149. The zero-order valence-corrected chi connectivity index (χ0v) is 19.2. The first-order valence-corrected chi connectivity index (χ1v) is 13.1. The minimum atomic E-state index is -3.76. The van der Waals surface area contributed by atoms with Crippen LogP contribution in [0.25, 0.3) is 0 Å². The van der Waals surface area contributed by atoms with E-state index in [4.69, 9.17) is 0 Å². The first-order chi connectivity index (χ1) is 15.4. The number of benzene rings is 1. The summed E-state index contributed by atoms with van der Waals surface area (Å²) in [5.74, 6) is -0.677. The number of hydrogen-bond acceptors (Lipinski definition) is 4. The fraction of sp³-hybridized carbons (Fsp3) is 0.652. The van der Waals surface area contributed by atoms with Gasteiger partial charge < -0.3 is 9.80 Å². The highest BCUT2D eigenvalue weighted by Crippen LogP contribution is 2.28. The van der Waals surface area contributed by atoms with Crippen LogP contribution in [-0.2, 0) is 19.6 Å². The molecule has 0 saturated carbocycles. The molecule has 0 aromatic heterocycles. The van der Waals surface area contributed by atoms with E-state index in [-0.39, 0.29) is 35.1 Å². The first kappa shape index (κ1) is 23.2. The Balaban J connectivity index is 1.33. The average molecular weight is 466 g/mol. The quantitative estimate of drug-likeness (QED) is 0.685. The molecule has 0 radical (unpaired) electrons. The van der Waals surface area contributed by atoms with Crippen LogP contribution in [0.4, 0.5) is 4.39 Å². The lowest BCUT2D eigenvalue weighted by Crippen LogP contribution is -2.50. The SMILES string of the molecule is O=C(C1CCN(C(=O)C2CCCN(S(=O)(=O)c3ccc(F)cc3)C2)CC1)N1CCCCC1. The molecule has 1 aromatic carbocycles. The number of rotatable bonds is 4. The monoisotopic (exact) mass is 465 g/mol. The molecule has 3 saturated heterocycles. The summed E-state index contributed by atoms with van der Waals surface area (Å²) in [7, 11) is -3.76. The third kappa shape index (κ3) is 4.98. The number of piperidine rings is 3. The standard InChI is InChI=1S/C23H32FN3O4S/c24-20-6-8-21(9-7-20)32(30,31)27-14-4-5-19(17-27)23(29)26-15-10-18(11-16-26)22(28)25-12-2-1-3-13-25/h6-9,18-19H,1-5,10-17H2. The molecule has 9 heteroatoms. The van der Waals surface area contributed by atoms with Crippen molar-refractivity contribution >= 4 is 21.8 Å². The third-order valence-corrected chi connectivity index (χ3v) is 8.89. The van der Waals surface area contributed by atoms with Crippen LogP contribution in [-0.4, -0.2) is 73.6 Å². The van der Waals surface area contributed by atoms with Crippen molar-refractivity contribution in [1.82, 2.24) is 14.1 Å². The van der Waals surface area contributed by atoms with Gasteiger partial charge in [-0.1, -0.05) is 0 Å². The van der Waals surface area contributed by atoms with E-state index >= 15 is 0 Å². The number of carbonyl (C=O) groups is 2. The van der Waals surface area contributed by atoms with Crippen LogP contribution >= 0.6 is 0 Å². The van der Waals surface area contributed by atoms with E-state index < -0.39 is 15.8 Å². The lowest BCUT2D eigenvalue weighted by molar-refractivity contribution is -0.143. The zero-order chi connectivity index (χ0) is 22.7. The number of nitrogens with zero attached hydrogens (tertiary/aromatic N) is 3. The molecule has 176 valence electrons. The topological polar surface area (TPSA) is 78.0 Å². The lowest BCUT2D eigenvalue weighted by Gasteiger charge is -2.38. The van der Waals surface area contributed by atoms with Crippen LogP contribution in [0.15, 0.2) is 29.2 Å². The average Bonchev–Trinajstić information content (AvgIpc) is 2.84. The van der Waals surface area contributed by atoms with Gasteiger partial charge in [0.2, 0.25) is 21.8 Å². The normalized spacial score (nSPS) is 23.8. The van der Waals surface area contributed by atoms with Crippen molar-refractivity contribution in [2.45, 2.75) is 49.8 Å². The van der Waals surface area contributed by atoms with E-state index in [2.05, 4.69) is 0 Å². The van der Waals surface area contributed by atoms with Crippen molar-refractivity contribution in [2.24, 2.45) is 11.8 Å². The summed E-state index contributed by atoms with van der Waals surface area (Å²) in [6.07, 6.45) is 5.94. The van der Waals surface area contributed by atoms with Crippen molar-refractivity contribution < 1.29 is 22.4 Å². The van der Waals surface area contributed by atoms with Gasteiger partial charge in [-0.2, -0.15) is 4.31 Å². The largest absolute Gasteiger partial charge is 0.342 e. The van der Waals surface area contributed by atoms with E-state index in [0.717, 1.165) is 38.1 Å². The number of hydrogen-bond donors (Lipinski definition) is 0. The molecule has 0 spiro atoms. The Morgan fingerprint density at radius 2 is 1.34 bits per heavy atom. The summed E-state index contributed by atoms with van der Waals surface area (Å²) in [5.41, 5.74) is 0. The number of carbonyl (C=O) groups excluding carboxylic acids is 2. The first-order valence-electron chi connectivity index (χ1n) is 11.7. The summed E-state index contributed by atoms with van der Waals surface area (Å²) in [4.78, 5) is 29.7. The number of likely N-dealkylation sites (tertiary alicyclic amines) is 2. The van der Waals surface area contributed by atoms with E-state index in [9.17, 15) is 22.4 Å². The second-order valence-electron chi connectivity index (χ2n) is 9.14. The van der Waals surface area contributed by atoms with Gasteiger partial charge in [0.15, 0.2) is 0 Å². The molecule has 1 atom stereocenters. The van der Waals surface area contributed by atoms with Crippen LogP contribution in [0.1, 0.15) is 44.9 Å². The summed E-state index contributed by atoms with van der Waals surface area (Å²) in [5, 5.41) is 0. The maximum atomic E-state index is 13.2. The molecule has 32 heavy (non-hydrogen) atoms. The molecule has 1 unspecified atom stereocenters. The number of halogens is 1. The Kier molecular flexibility index (Phi) is 7.14. The predicted octanol–water partition coefficient (Wildman–Crippen LogP) is 2.48. The molecule has 3 heterocycles. The van der Waals surface area contributed by atoms with Crippen LogP contribution in [0.3, 0.4) is 0 Å². The Labute approximate surface area is 189 Å². The Morgan fingerprint density at radius 1 is 0.750 bits per heavy atom. The zero-order valence-electron chi connectivity index (χ0n) is 18.4. The highest BCUT2D eigenvalue weighted by molar-refractivity contribution is 7.89. The van der Waals surface area contributed by atoms with Crippen LogP contribution in [0, 0.1) is 17.7 Å². The highest BCUT2D eigenvalue weighted by Gasteiger charge is 2.37. The molecule has 3 aliphatic rings. The van der Waals surface area contributed by atoms with Crippen molar-refractivity contribution in [1.29, 1.82) is 0 Å².